The molecule has 1 aromatic heterocycles. The molecule has 1 rings (SSSR count). The first kappa shape index (κ1) is 16.5. The van der Waals surface area contributed by atoms with E-state index in [9.17, 15) is 4.79 Å². The molecule has 1 aromatic rings. The molecule has 0 saturated carbocycles. The predicted molar refractivity (Wildman–Crippen MR) is 81.2 cm³/mol. The predicted octanol–water partition coefficient (Wildman–Crippen LogP) is 3.65. The number of unbranched alkanes of at least 4 members (excludes halogenated alkanes) is 1. The maximum Gasteiger partial charge on any atom is 0.325 e. The number of urea groups is 1. The second-order valence-corrected chi connectivity index (χ2v) is 6.10. The molecule has 0 aliphatic carbocycles. The zero-order valence-corrected chi connectivity index (χ0v) is 13.6. The summed E-state index contributed by atoms with van der Waals surface area (Å²) in [5.41, 5.74) is -0.109. The van der Waals surface area contributed by atoms with Gasteiger partial charge < -0.3 is 9.42 Å². The first-order valence-electron chi connectivity index (χ1n) is 7.31. The monoisotopic (exact) mass is 281 g/mol. The normalized spacial score (nSPS) is 11.5. The van der Waals surface area contributed by atoms with Gasteiger partial charge in [0, 0.05) is 31.6 Å². The van der Waals surface area contributed by atoms with Gasteiger partial charge in [-0.05, 0) is 13.3 Å². The third-order valence-corrected chi connectivity index (χ3v) is 3.23. The van der Waals surface area contributed by atoms with Gasteiger partial charge in [0.2, 0.25) is 0 Å². The standard InChI is InChI=1S/C15H27N3O2/c1-7-9-10-17(6)14(19)18(8-2)13-11-12(20-16-13)15(3,4)5/h11H,7-10H2,1-6H3. The van der Waals surface area contributed by atoms with E-state index in [1.165, 1.54) is 0 Å². The van der Waals surface area contributed by atoms with Crippen LogP contribution in [0.25, 0.3) is 0 Å². The minimum Gasteiger partial charge on any atom is -0.359 e. The average Bonchev–Trinajstić information content (AvgIpc) is 2.86. The molecule has 1 heterocycles. The number of hydrogen-bond acceptors (Lipinski definition) is 3. The summed E-state index contributed by atoms with van der Waals surface area (Å²) in [4.78, 5) is 15.8. The number of rotatable bonds is 5. The molecule has 114 valence electrons. The van der Waals surface area contributed by atoms with Crippen molar-refractivity contribution in [2.75, 3.05) is 25.0 Å². The van der Waals surface area contributed by atoms with Gasteiger partial charge in [-0.15, -0.1) is 0 Å². The Kier molecular flexibility index (Phi) is 5.60. The topological polar surface area (TPSA) is 49.6 Å². The fraction of sp³-hybridized carbons (Fsp3) is 0.733. The fourth-order valence-electron chi connectivity index (χ4n) is 1.84. The van der Waals surface area contributed by atoms with Crippen LogP contribution in [0, 0.1) is 0 Å². The lowest BCUT2D eigenvalue weighted by atomic mass is 9.93. The van der Waals surface area contributed by atoms with Crippen LogP contribution < -0.4 is 4.90 Å². The Hall–Kier alpha value is -1.52. The van der Waals surface area contributed by atoms with Crippen molar-refractivity contribution >= 4 is 11.8 Å². The molecule has 0 aliphatic rings. The summed E-state index contributed by atoms with van der Waals surface area (Å²) in [7, 11) is 1.82. The molecule has 0 aliphatic heterocycles. The molecule has 0 radical (unpaired) electrons. The van der Waals surface area contributed by atoms with E-state index in [2.05, 4.69) is 32.9 Å². The minimum absolute atomic E-state index is 0.0327. The van der Waals surface area contributed by atoms with Crippen LogP contribution in [0.3, 0.4) is 0 Å². The van der Waals surface area contributed by atoms with Crippen molar-refractivity contribution in [2.45, 2.75) is 52.9 Å². The maximum absolute atomic E-state index is 12.4. The van der Waals surface area contributed by atoms with Crippen LogP contribution in [0.2, 0.25) is 0 Å². The van der Waals surface area contributed by atoms with Crippen LogP contribution in [0.1, 0.15) is 53.2 Å². The number of aromatic nitrogens is 1. The minimum atomic E-state index is -0.109. The van der Waals surface area contributed by atoms with E-state index in [1.54, 1.807) is 9.80 Å². The quantitative estimate of drug-likeness (QED) is 0.827. The van der Waals surface area contributed by atoms with E-state index in [-0.39, 0.29) is 11.4 Å². The molecular weight excluding hydrogens is 254 g/mol. The summed E-state index contributed by atoms with van der Waals surface area (Å²) in [5, 5.41) is 4.04. The lowest BCUT2D eigenvalue weighted by Crippen LogP contribution is -2.41. The number of nitrogens with zero attached hydrogens (tertiary/aromatic N) is 3. The Morgan fingerprint density at radius 2 is 2.00 bits per heavy atom. The lowest BCUT2D eigenvalue weighted by Gasteiger charge is -2.25. The molecule has 2 amide bonds. The largest absolute Gasteiger partial charge is 0.359 e. The summed E-state index contributed by atoms with van der Waals surface area (Å²) >= 11 is 0. The van der Waals surface area contributed by atoms with Gasteiger partial charge in [0.25, 0.3) is 0 Å². The Balaban J connectivity index is 2.85. The van der Waals surface area contributed by atoms with E-state index >= 15 is 0 Å². The van der Waals surface area contributed by atoms with Gasteiger partial charge >= 0.3 is 6.03 Å². The highest BCUT2D eigenvalue weighted by molar-refractivity contribution is 5.90. The van der Waals surface area contributed by atoms with Gasteiger partial charge in [0.15, 0.2) is 5.82 Å². The van der Waals surface area contributed by atoms with Crippen LogP contribution in [0.5, 0.6) is 0 Å². The molecule has 0 spiro atoms. The molecule has 0 fully saturated rings. The number of hydrogen-bond donors (Lipinski definition) is 0. The Morgan fingerprint density at radius 3 is 2.45 bits per heavy atom. The van der Waals surface area contributed by atoms with Crippen molar-refractivity contribution in [3.05, 3.63) is 11.8 Å². The molecule has 5 heteroatoms. The van der Waals surface area contributed by atoms with Gasteiger partial charge in [-0.25, -0.2) is 4.79 Å². The van der Waals surface area contributed by atoms with Gasteiger partial charge in [0.1, 0.15) is 5.76 Å². The van der Waals surface area contributed by atoms with Crippen LogP contribution in [0.15, 0.2) is 10.6 Å². The maximum atomic E-state index is 12.4. The Morgan fingerprint density at radius 1 is 1.35 bits per heavy atom. The summed E-state index contributed by atoms with van der Waals surface area (Å²) in [6, 6.07) is 1.82. The van der Waals surface area contributed by atoms with Crippen LogP contribution in [-0.2, 0) is 5.41 Å². The first-order chi connectivity index (χ1) is 9.31. The number of carbonyl (C=O) groups is 1. The highest BCUT2D eigenvalue weighted by Gasteiger charge is 2.25. The Bertz CT molecular complexity index is 435. The zero-order chi connectivity index (χ0) is 15.3. The zero-order valence-electron chi connectivity index (χ0n) is 13.6. The van der Waals surface area contributed by atoms with Gasteiger partial charge in [-0.2, -0.15) is 0 Å². The van der Waals surface area contributed by atoms with Crippen molar-refractivity contribution in [3.63, 3.8) is 0 Å². The summed E-state index contributed by atoms with van der Waals surface area (Å²) in [5.74, 6) is 1.38. The van der Waals surface area contributed by atoms with Crippen LogP contribution >= 0.6 is 0 Å². The van der Waals surface area contributed by atoms with Gasteiger partial charge in [0.05, 0.1) is 0 Å². The molecule has 0 bridgehead atoms. The van der Waals surface area contributed by atoms with E-state index < -0.39 is 0 Å². The summed E-state index contributed by atoms with van der Waals surface area (Å²) in [6.45, 7) is 11.6. The lowest BCUT2D eigenvalue weighted by molar-refractivity contribution is 0.214. The van der Waals surface area contributed by atoms with Gasteiger partial charge in [-0.1, -0.05) is 39.3 Å². The summed E-state index contributed by atoms with van der Waals surface area (Å²) < 4.78 is 5.36. The van der Waals surface area contributed by atoms with E-state index in [4.69, 9.17) is 4.52 Å². The first-order valence-corrected chi connectivity index (χ1v) is 7.31. The Labute approximate surface area is 121 Å². The summed E-state index contributed by atoms with van der Waals surface area (Å²) in [6.07, 6.45) is 2.08. The van der Waals surface area contributed by atoms with E-state index in [1.807, 2.05) is 20.0 Å². The van der Waals surface area contributed by atoms with E-state index in [0.29, 0.717) is 12.4 Å². The molecule has 0 saturated heterocycles. The van der Waals surface area contributed by atoms with Crippen molar-refractivity contribution in [3.8, 4) is 0 Å². The van der Waals surface area contributed by atoms with Crippen molar-refractivity contribution in [2.24, 2.45) is 0 Å². The molecule has 5 nitrogen and oxygen atoms in total. The fourth-order valence-corrected chi connectivity index (χ4v) is 1.84. The van der Waals surface area contributed by atoms with Crippen molar-refractivity contribution in [1.29, 1.82) is 0 Å². The molecule has 0 atom stereocenters. The molecule has 20 heavy (non-hydrogen) atoms. The molecule has 0 unspecified atom stereocenters. The van der Waals surface area contributed by atoms with Crippen molar-refractivity contribution < 1.29 is 9.32 Å². The molecular formula is C15H27N3O2. The SMILES string of the molecule is CCCCN(C)C(=O)N(CC)c1cc(C(C)(C)C)on1. The number of anilines is 1. The van der Waals surface area contributed by atoms with Crippen LogP contribution in [-0.4, -0.2) is 36.2 Å². The molecule has 0 N–H and O–H groups in total. The third-order valence-electron chi connectivity index (χ3n) is 3.23. The van der Waals surface area contributed by atoms with E-state index in [0.717, 1.165) is 25.1 Å². The highest BCUT2D eigenvalue weighted by Crippen LogP contribution is 2.26. The third kappa shape index (κ3) is 3.99. The number of amides is 2. The highest BCUT2D eigenvalue weighted by atomic mass is 16.5. The van der Waals surface area contributed by atoms with Crippen LogP contribution in [0.4, 0.5) is 10.6 Å². The number of carbonyl (C=O) groups excluding carboxylic acids is 1. The second kappa shape index (κ2) is 6.77. The smallest absolute Gasteiger partial charge is 0.325 e. The average molecular weight is 281 g/mol. The van der Waals surface area contributed by atoms with Crippen molar-refractivity contribution in [1.82, 2.24) is 10.1 Å². The second-order valence-electron chi connectivity index (χ2n) is 6.10. The molecule has 0 aromatic carbocycles. The van der Waals surface area contributed by atoms with Gasteiger partial charge in [-0.3, -0.25) is 4.90 Å².